The van der Waals surface area contributed by atoms with Crippen molar-refractivity contribution in [2.75, 3.05) is 38.1 Å². The zero-order valence-corrected chi connectivity index (χ0v) is 18.4. The van der Waals surface area contributed by atoms with Crippen molar-refractivity contribution in [3.8, 4) is 12.1 Å². The number of nitriles is 2. The monoisotopic (exact) mass is 445 g/mol. The predicted molar refractivity (Wildman–Crippen MR) is 121 cm³/mol. The number of rotatable bonds is 5. The molecule has 11 nitrogen and oxygen atoms in total. The number of aryl methyl sites for hydroxylation is 1. The molecule has 2 N–H and O–H groups in total. The molecule has 0 saturated carbocycles. The minimum Gasteiger partial charge on any atom is -0.355 e. The SMILES string of the molecule is CCn1c(N2CCNCC2)nc2cnn(Cc3c(C#N)cc(C(=O)NC)cc3C#N)c(=O)c21. The first kappa shape index (κ1) is 22.0. The Morgan fingerprint density at radius 3 is 2.45 bits per heavy atom. The number of aromatic nitrogens is 4. The van der Waals surface area contributed by atoms with Crippen molar-refractivity contribution in [3.63, 3.8) is 0 Å². The van der Waals surface area contributed by atoms with Crippen molar-refractivity contribution in [2.24, 2.45) is 0 Å². The maximum atomic E-state index is 13.4. The fraction of sp³-hybridized carbons (Fsp3) is 0.364. The third-order valence-corrected chi connectivity index (χ3v) is 5.73. The van der Waals surface area contributed by atoms with Gasteiger partial charge in [-0.05, 0) is 19.1 Å². The summed E-state index contributed by atoms with van der Waals surface area (Å²) in [5.41, 5.74) is 1.41. The van der Waals surface area contributed by atoms with Gasteiger partial charge in [-0.25, -0.2) is 9.67 Å². The third-order valence-electron chi connectivity index (χ3n) is 5.73. The van der Waals surface area contributed by atoms with Crippen LogP contribution in [-0.4, -0.2) is 58.5 Å². The number of amides is 1. The van der Waals surface area contributed by atoms with E-state index in [4.69, 9.17) is 0 Å². The molecule has 1 aliphatic heterocycles. The molecule has 0 atom stereocenters. The zero-order chi connectivity index (χ0) is 23.5. The number of nitrogens with one attached hydrogen (secondary N) is 2. The van der Waals surface area contributed by atoms with Gasteiger partial charge in [0, 0.05) is 50.9 Å². The van der Waals surface area contributed by atoms with E-state index >= 15 is 0 Å². The molecule has 1 fully saturated rings. The topological polar surface area (TPSA) is 145 Å². The number of imidazole rings is 1. The van der Waals surface area contributed by atoms with Crippen molar-refractivity contribution < 1.29 is 4.79 Å². The second kappa shape index (κ2) is 9.10. The van der Waals surface area contributed by atoms with Crippen LogP contribution in [0, 0.1) is 22.7 Å². The Labute approximate surface area is 189 Å². The van der Waals surface area contributed by atoms with Crippen molar-refractivity contribution in [1.82, 2.24) is 30.0 Å². The van der Waals surface area contributed by atoms with E-state index in [1.165, 1.54) is 30.1 Å². The van der Waals surface area contributed by atoms with E-state index in [0.717, 1.165) is 32.1 Å². The van der Waals surface area contributed by atoms with Crippen molar-refractivity contribution in [3.05, 3.63) is 50.9 Å². The molecular weight excluding hydrogens is 422 g/mol. The molecule has 0 aliphatic carbocycles. The summed E-state index contributed by atoms with van der Waals surface area (Å²) < 4.78 is 3.11. The molecule has 0 unspecified atom stereocenters. The lowest BCUT2D eigenvalue weighted by Crippen LogP contribution is -2.44. The van der Waals surface area contributed by atoms with E-state index in [1.807, 2.05) is 23.6 Å². The Morgan fingerprint density at radius 2 is 1.88 bits per heavy atom. The van der Waals surface area contributed by atoms with Gasteiger partial charge in [0.15, 0.2) is 0 Å². The third kappa shape index (κ3) is 3.90. The number of fused-ring (bicyclic) bond motifs is 1. The first-order chi connectivity index (χ1) is 16.0. The quantitative estimate of drug-likeness (QED) is 0.566. The predicted octanol–water partition coefficient (Wildman–Crippen LogP) is 0.174. The number of nitrogens with zero attached hydrogens (tertiary/aromatic N) is 7. The molecule has 1 aromatic carbocycles. The number of piperazine rings is 1. The van der Waals surface area contributed by atoms with Crippen molar-refractivity contribution in [1.29, 1.82) is 10.5 Å². The summed E-state index contributed by atoms with van der Waals surface area (Å²) in [6.45, 7) is 5.70. The van der Waals surface area contributed by atoms with Crippen LogP contribution >= 0.6 is 0 Å². The molecule has 11 heteroatoms. The van der Waals surface area contributed by atoms with Gasteiger partial charge in [0.2, 0.25) is 5.95 Å². The fourth-order valence-electron chi connectivity index (χ4n) is 4.06. The molecule has 4 rings (SSSR count). The number of hydrogen-bond acceptors (Lipinski definition) is 8. The number of carbonyl (C=O) groups excluding carboxylic acids is 1. The Bertz CT molecular complexity index is 1330. The highest BCUT2D eigenvalue weighted by Gasteiger charge is 2.22. The summed E-state index contributed by atoms with van der Waals surface area (Å²) in [5, 5.41) is 29.3. The van der Waals surface area contributed by atoms with Gasteiger partial charge in [-0.15, -0.1) is 0 Å². The molecule has 1 saturated heterocycles. The summed E-state index contributed by atoms with van der Waals surface area (Å²) in [5.74, 6) is 0.328. The lowest BCUT2D eigenvalue weighted by molar-refractivity contribution is 0.0963. The fourth-order valence-corrected chi connectivity index (χ4v) is 4.06. The van der Waals surface area contributed by atoms with Gasteiger partial charge in [-0.1, -0.05) is 0 Å². The molecule has 168 valence electrons. The normalized spacial score (nSPS) is 13.5. The molecule has 0 spiro atoms. The van der Waals surface area contributed by atoms with E-state index in [-0.39, 0.29) is 28.8 Å². The number of hydrogen-bond donors (Lipinski definition) is 2. The number of anilines is 1. The van der Waals surface area contributed by atoms with Crippen LogP contribution in [0.5, 0.6) is 0 Å². The molecule has 0 radical (unpaired) electrons. The molecule has 33 heavy (non-hydrogen) atoms. The summed E-state index contributed by atoms with van der Waals surface area (Å²) >= 11 is 0. The second-order valence-electron chi connectivity index (χ2n) is 7.59. The molecule has 3 heterocycles. The average molecular weight is 445 g/mol. The van der Waals surface area contributed by atoms with E-state index in [9.17, 15) is 20.1 Å². The van der Waals surface area contributed by atoms with Gasteiger partial charge in [-0.3, -0.25) is 9.59 Å². The molecule has 3 aromatic rings. The summed E-state index contributed by atoms with van der Waals surface area (Å²) in [6, 6.07) is 6.89. The van der Waals surface area contributed by atoms with Gasteiger partial charge >= 0.3 is 0 Å². The molecule has 1 amide bonds. The highest BCUT2D eigenvalue weighted by atomic mass is 16.1. The van der Waals surface area contributed by atoms with E-state index in [0.29, 0.717) is 23.1 Å². The van der Waals surface area contributed by atoms with Gasteiger partial charge in [-0.2, -0.15) is 15.6 Å². The Morgan fingerprint density at radius 1 is 1.21 bits per heavy atom. The van der Waals surface area contributed by atoms with Crippen LogP contribution in [0.3, 0.4) is 0 Å². The van der Waals surface area contributed by atoms with Crippen molar-refractivity contribution in [2.45, 2.75) is 20.0 Å². The number of benzene rings is 1. The van der Waals surface area contributed by atoms with Crippen LogP contribution < -0.4 is 21.1 Å². The summed E-state index contributed by atoms with van der Waals surface area (Å²) in [7, 11) is 1.47. The standard InChI is InChI=1S/C22H23N9O2/c1-3-30-19-18(28-22(30)29-6-4-26-5-7-29)12-27-31(21(19)33)13-17-15(10-23)8-14(20(32)25-2)9-16(17)11-24/h8-9,12,26H,3-7,13H2,1-2H3,(H,25,32). The first-order valence-corrected chi connectivity index (χ1v) is 10.6. The first-order valence-electron chi connectivity index (χ1n) is 10.6. The lowest BCUT2D eigenvalue weighted by atomic mass is 9.98. The Hall–Kier alpha value is -4.22. The Kier molecular flexibility index (Phi) is 6.07. The average Bonchev–Trinajstić information content (AvgIpc) is 3.25. The minimum atomic E-state index is -0.404. The smallest absolute Gasteiger partial charge is 0.293 e. The summed E-state index contributed by atoms with van der Waals surface area (Å²) in [6.07, 6.45) is 1.53. The summed E-state index contributed by atoms with van der Waals surface area (Å²) in [4.78, 5) is 32.2. The van der Waals surface area contributed by atoms with Crippen LogP contribution in [0.25, 0.3) is 11.0 Å². The van der Waals surface area contributed by atoms with Crippen LogP contribution in [0.2, 0.25) is 0 Å². The Balaban J connectivity index is 1.81. The van der Waals surface area contributed by atoms with Gasteiger partial charge < -0.3 is 20.1 Å². The largest absolute Gasteiger partial charge is 0.355 e. The maximum Gasteiger partial charge on any atom is 0.293 e. The maximum absolute atomic E-state index is 13.4. The van der Waals surface area contributed by atoms with Crippen LogP contribution in [0.4, 0.5) is 5.95 Å². The van der Waals surface area contributed by atoms with Crippen LogP contribution in [-0.2, 0) is 13.1 Å². The van der Waals surface area contributed by atoms with Gasteiger partial charge in [0.05, 0.1) is 36.0 Å². The van der Waals surface area contributed by atoms with Crippen LogP contribution in [0.15, 0.2) is 23.1 Å². The molecular formula is C22H23N9O2. The van der Waals surface area contributed by atoms with E-state index < -0.39 is 5.91 Å². The zero-order valence-electron chi connectivity index (χ0n) is 18.4. The van der Waals surface area contributed by atoms with Crippen LogP contribution in [0.1, 0.15) is 34.0 Å². The van der Waals surface area contributed by atoms with Gasteiger partial charge in [0.25, 0.3) is 11.5 Å². The lowest BCUT2D eigenvalue weighted by Gasteiger charge is -2.28. The second-order valence-corrected chi connectivity index (χ2v) is 7.59. The van der Waals surface area contributed by atoms with E-state index in [2.05, 4.69) is 25.6 Å². The van der Waals surface area contributed by atoms with Gasteiger partial charge in [0.1, 0.15) is 11.0 Å². The highest BCUT2D eigenvalue weighted by molar-refractivity contribution is 5.95. The molecule has 1 aliphatic rings. The highest BCUT2D eigenvalue weighted by Crippen LogP contribution is 2.22. The number of carbonyl (C=O) groups is 1. The van der Waals surface area contributed by atoms with E-state index in [1.54, 1.807) is 0 Å². The minimum absolute atomic E-state index is 0.0769. The molecule has 0 bridgehead atoms. The molecule has 2 aromatic heterocycles. The van der Waals surface area contributed by atoms with Crippen molar-refractivity contribution >= 4 is 22.9 Å².